The molecule has 5 N–H and O–H groups in total. The molecular formula is C22H26O9. The topological polar surface area (TPSA) is 154 Å². The van der Waals surface area contributed by atoms with E-state index in [1.54, 1.807) is 60.8 Å². The number of rotatable bonds is 10. The molecule has 168 valence electrons. The summed E-state index contributed by atoms with van der Waals surface area (Å²) >= 11 is 0. The van der Waals surface area contributed by atoms with Gasteiger partial charge in [-0.2, -0.15) is 0 Å². The highest BCUT2D eigenvalue weighted by Gasteiger charge is 2.45. The third-order valence-corrected chi connectivity index (χ3v) is 3.77. The maximum Gasteiger partial charge on any atom is 0.333 e. The van der Waals surface area contributed by atoms with Crippen LogP contribution in [0.25, 0.3) is 0 Å². The van der Waals surface area contributed by atoms with Gasteiger partial charge in [-0.25, -0.2) is 9.59 Å². The zero-order valence-corrected chi connectivity index (χ0v) is 16.5. The van der Waals surface area contributed by atoms with E-state index in [9.17, 15) is 24.9 Å². The van der Waals surface area contributed by atoms with Crippen molar-refractivity contribution in [3.63, 3.8) is 0 Å². The second kappa shape index (κ2) is 14.8. The quantitative estimate of drug-likeness (QED) is 0.186. The molecule has 0 saturated carbocycles. The van der Waals surface area contributed by atoms with Crippen LogP contribution in [-0.2, 0) is 19.1 Å². The summed E-state index contributed by atoms with van der Waals surface area (Å²) in [5.41, 5.74) is 0. The lowest BCUT2D eigenvalue weighted by Crippen LogP contribution is -2.59. The van der Waals surface area contributed by atoms with Crippen LogP contribution in [0.3, 0.4) is 0 Å². The van der Waals surface area contributed by atoms with Gasteiger partial charge < -0.3 is 35.0 Å². The number of aliphatic carboxylic acids is 1. The first-order valence-electron chi connectivity index (χ1n) is 9.29. The average Bonchev–Trinajstić information content (AvgIpc) is 2.74. The maximum atomic E-state index is 11.8. The summed E-state index contributed by atoms with van der Waals surface area (Å²) in [6.45, 7) is -0.616. The van der Waals surface area contributed by atoms with E-state index in [0.29, 0.717) is 0 Å². The van der Waals surface area contributed by atoms with Crippen molar-refractivity contribution in [3.8, 4) is 0 Å². The van der Waals surface area contributed by atoms with Crippen molar-refractivity contribution >= 4 is 11.9 Å². The highest BCUT2D eigenvalue weighted by Crippen LogP contribution is 2.22. The van der Waals surface area contributed by atoms with E-state index in [1.807, 2.05) is 0 Å². The number of hydrogen-bond donors (Lipinski definition) is 5. The van der Waals surface area contributed by atoms with Gasteiger partial charge in [-0.1, -0.05) is 72.9 Å². The number of esters is 1. The summed E-state index contributed by atoms with van der Waals surface area (Å²) in [4.78, 5) is 22.0. The minimum atomic E-state index is -1.65. The molecule has 0 aromatic carbocycles. The summed E-state index contributed by atoms with van der Waals surface area (Å²) in [5.74, 6) is -1.85. The SMILES string of the molecule is O=C(O)C=CC=CC=CC=CC=CC=CC=CC(=O)OC1OC(CO)C(O)C(O)C1O. The monoisotopic (exact) mass is 434 g/mol. The molecule has 0 aromatic heterocycles. The number of aliphatic hydroxyl groups is 4. The predicted octanol–water partition coefficient (Wildman–Crippen LogP) is 0.307. The van der Waals surface area contributed by atoms with Crippen LogP contribution >= 0.6 is 0 Å². The highest BCUT2D eigenvalue weighted by atomic mass is 16.7. The van der Waals surface area contributed by atoms with Crippen LogP contribution < -0.4 is 0 Å². The van der Waals surface area contributed by atoms with Crippen LogP contribution in [-0.4, -0.2) is 74.8 Å². The van der Waals surface area contributed by atoms with Crippen LogP contribution in [0.2, 0.25) is 0 Å². The molecule has 0 bridgehead atoms. The summed E-state index contributed by atoms with van der Waals surface area (Å²) < 4.78 is 9.95. The van der Waals surface area contributed by atoms with E-state index in [4.69, 9.17) is 19.7 Å². The molecule has 0 radical (unpaired) electrons. The molecule has 9 nitrogen and oxygen atoms in total. The molecule has 0 aliphatic carbocycles. The fourth-order valence-corrected chi connectivity index (χ4v) is 2.23. The van der Waals surface area contributed by atoms with E-state index in [1.165, 1.54) is 12.2 Å². The van der Waals surface area contributed by atoms with Gasteiger partial charge in [0.05, 0.1) is 6.61 Å². The van der Waals surface area contributed by atoms with E-state index < -0.39 is 49.3 Å². The van der Waals surface area contributed by atoms with E-state index >= 15 is 0 Å². The molecule has 5 unspecified atom stereocenters. The van der Waals surface area contributed by atoms with Crippen molar-refractivity contribution in [2.75, 3.05) is 6.61 Å². The van der Waals surface area contributed by atoms with Crippen molar-refractivity contribution in [3.05, 3.63) is 85.1 Å². The van der Waals surface area contributed by atoms with Gasteiger partial charge in [0.2, 0.25) is 6.29 Å². The van der Waals surface area contributed by atoms with E-state index in [2.05, 4.69) is 0 Å². The maximum absolute atomic E-state index is 11.8. The summed E-state index contributed by atoms with van der Waals surface area (Å²) in [6, 6.07) is 0. The molecule has 1 heterocycles. The number of aliphatic hydroxyl groups excluding tert-OH is 4. The first kappa shape index (κ1) is 26.0. The fraction of sp³-hybridized carbons (Fsp3) is 0.273. The first-order chi connectivity index (χ1) is 14.9. The van der Waals surface area contributed by atoms with E-state index in [0.717, 1.165) is 12.2 Å². The van der Waals surface area contributed by atoms with Crippen LogP contribution in [0.4, 0.5) is 0 Å². The molecule has 1 aliphatic heterocycles. The minimum absolute atomic E-state index is 0.616. The number of carbonyl (C=O) groups excluding carboxylic acids is 1. The summed E-state index contributed by atoms with van der Waals surface area (Å²) in [6.07, 6.45) is 14.4. The zero-order chi connectivity index (χ0) is 23.1. The third kappa shape index (κ3) is 10.5. The standard InChI is InChI=1S/C22H26O9/c23-15-16-19(27)20(28)21(29)22(30-16)31-18(26)14-12-10-8-6-4-2-1-3-5-7-9-11-13-17(24)25/h1-14,16,19-23,27-29H,15H2,(H,24,25). The molecule has 0 aromatic rings. The smallest absolute Gasteiger partial charge is 0.333 e. The van der Waals surface area contributed by atoms with Gasteiger partial charge in [-0.3, -0.25) is 0 Å². The second-order valence-electron chi connectivity index (χ2n) is 6.12. The lowest BCUT2D eigenvalue weighted by Gasteiger charge is -2.38. The van der Waals surface area contributed by atoms with Crippen molar-refractivity contribution in [2.45, 2.75) is 30.7 Å². The third-order valence-electron chi connectivity index (χ3n) is 3.77. The van der Waals surface area contributed by atoms with Crippen LogP contribution in [0, 0.1) is 0 Å². The molecule has 0 spiro atoms. The lowest BCUT2D eigenvalue weighted by molar-refractivity contribution is -0.291. The Hall–Kier alpha value is -3.08. The molecule has 1 fully saturated rings. The van der Waals surface area contributed by atoms with Crippen LogP contribution in [0.5, 0.6) is 0 Å². The number of allylic oxidation sites excluding steroid dienone is 12. The Morgan fingerprint density at radius 1 is 0.710 bits per heavy atom. The van der Waals surface area contributed by atoms with Crippen LogP contribution in [0.1, 0.15) is 0 Å². The molecule has 1 aliphatic rings. The normalized spacial score (nSPS) is 27.8. The number of carbonyl (C=O) groups is 2. The lowest BCUT2D eigenvalue weighted by atomic mass is 9.99. The Balaban J connectivity index is 2.36. The second-order valence-corrected chi connectivity index (χ2v) is 6.12. The van der Waals surface area contributed by atoms with Gasteiger partial charge in [0.1, 0.15) is 24.4 Å². The summed E-state index contributed by atoms with van der Waals surface area (Å²) in [7, 11) is 0. The number of carboxylic acid groups (broad SMARTS) is 1. The first-order valence-corrected chi connectivity index (χ1v) is 9.29. The Bertz CT molecular complexity index is 772. The fourth-order valence-electron chi connectivity index (χ4n) is 2.23. The molecular weight excluding hydrogens is 408 g/mol. The molecule has 5 atom stereocenters. The van der Waals surface area contributed by atoms with Gasteiger partial charge in [-0.05, 0) is 0 Å². The van der Waals surface area contributed by atoms with Crippen molar-refractivity contribution < 1.29 is 44.6 Å². The van der Waals surface area contributed by atoms with E-state index in [-0.39, 0.29) is 0 Å². The largest absolute Gasteiger partial charge is 0.478 e. The zero-order valence-electron chi connectivity index (χ0n) is 16.5. The van der Waals surface area contributed by atoms with Gasteiger partial charge in [-0.15, -0.1) is 0 Å². The molecule has 1 rings (SSSR count). The number of ether oxygens (including phenoxy) is 2. The minimum Gasteiger partial charge on any atom is -0.478 e. The van der Waals surface area contributed by atoms with Crippen molar-refractivity contribution in [1.82, 2.24) is 0 Å². The number of carboxylic acids is 1. The van der Waals surface area contributed by atoms with Crippen molar-refractivity contribution in [2.24, 2.45) is 0 Å². The molecule has 0 amide bonds. The highest BCUT2D eigenvalue weighted by molar-refractivity contribution is 5.82. The van der Waals surface area contributed by atoms with Crippen molar-refractivity contribution in [1.29, 1.82) is 0 Å². The molecule has 31 heavy (non-hydrogen) atoms. The Labute approximate surface area is 179 Å². The van der Waals surface area contributed by atoms with Gasteiger partial charge >= 0.3 is 11.9 Å². The summed E-state index contributed by atoms with van der Waals surface area (Å²) in [5, 5.41) is 46.6. The predicted molar refractivity (Wildman–Crippen MR) is 111 cm³/mol. The Kier molecular flexibility index (Phi) is 12.4. The average molecular weight is 434 g/mol. The molecule has 1 saturated heterocycles. The van der Waals surface area contributed by atoms with Gasteiger partial charge in [0, 0.05) is 12.2 Å². The van der Waals surface area contributed by atoms with Gasteiger partial charge in [0.15, 0.2) is 0 Å². The van der Waals surface area contributed by atoms with Crippen LogP contribution in [0.15, 0.2) is 85.1 Å². The molecule has 9 heteroatoms. The Morgan fingerprint density at radius 2 is 1.16 bits per heavy atom. The number of hydrogen-bond acceptors (Lipinski definition) is 8. The Morgan fingerprint density at radius 3 is 1.61 bits per heavy atom. The van der Waals surface area contributed by atoms with Gasteiger partial charge in [0.25, 0.3) is 0 Å².